The van der Waals surface area contributed by atoms with E-state index in [9.17, 15) is 27.9 Å². The lowest BCUT2D eigenvalue weighted by molar-refractivity contribution is -0.274. The summed E-state index contributed by atoms with van der Waals surface area (Å²) in [7, 11) is 0. The highest BCUT2D eigenvalue weighted by atomic mass is 32.2. The van der Waals surface area contributed by atoms with Crippen molar-refractivity contribution in [2.45, 2.75) is 43.0 Å². The molecular weight excluding hydrogens is 473 g/mol. The zero-order valence-electron chi connectivity index (χ0n) is 18.2. The molecule has 2 aromatic carbocycles. The van der Waals surface area contributed by atoms with E-state index in [1.54, 1.807) is 49.0 Å². The van der Waals surface area contributed by atoms with Crippen molar-refractivity contribution in [2.24, 2.45) is 0 Å². The maximum atomic E-state index is 12.3. The van der Waals surface area contributed by atoms with Crippen molar-refractivity contribution in [2.75, 3.05) is 0 Å². The fourth-order valence-corrected chi connectivity index (χ4v) is 3.73. The van der Waals surface area contributed by atoms with Gasteiger partial charge in [0.1, 0.15) is 17.1 Å². The third-order valence-electron chi connectivity index (χ3n) is 4.54. The molecule has 1 N–H and O–H groups in total. The SMILES string of the molecule is CC(C)(Sc1ccc(C(=O)OCc2cnn(Cc3ccc(OC(F)(F)F)cc3)c2)cc1)C(=O)O. The topological polar surface area (TPSA) is 90.6 Å². The van der Waals surface area contributed by atoms with Crippen LogP contribution in [0.2, 0.25) is 0 Å². The van der Waals surface area contributed by atoms with E-state index in [4.69, 9.17) is 4.74 Å². The first-order valence-electron chi connectivity index (χ1n) is 9.97. The van der Waals surface area contributed by atoms with Gasteiger partial charge in [0.15, 0.2) is 0 Å². The molecule has 0 unspecified atom stereocenters. The van der Waals surface area contributed by atoms with Crippen molar-refractivity contribution in [3.8, 4) is 5.75 Å². The van der Waals surface area contributed by atoms with Crippen LogP contribution in [0.15, 0.2) is 65.8 Å². The Bertz CT molecular complexity index is 1140. The lowest BCUT2D eigenvalue weighted by atomic mass is 10.2. The summed E-state index contributed by atoms with van der Waals surface area (Å²) in [6.07, 6.45) is -1.54. The van der Waals surface area contributed by atoms with E-state index < -0.39 is 23.0 Å². The molecule has 180 valence electrons. The Labute approximate surface area is 197 Å². The standard InChI is InChI=1S/C23H21F3N2O5S/c1-22(2,21(30)31)34-19-9-5-17(6-10-19)20(29)32-14-16-11-27-28(13-16)12-15-3-7-18(8-4-15)33-23(24,25)26/h3-11,13H,12,14H2,1-2H3,(H,30,31). The van der Waals surface area contributed by atoms with E-state index in [2.05, 4.69) is 9.84 Å². The Morgan fingerprint density at radius 3 is 2.26 bits per heavy atom. The Hall–Kier alpha value is -3.47. The second kappa shape index (κ2) is 10.2. The number of nitrogens with zero attached hydrogens (tertiary/aromatic N) is 2. The van der Waals surface area contributed by atoms with E-state index in [-0.39, 0.29) is 12.4 Å². The minimum Gasteiger partial charge on any atom is -0.480 e. The van der Waals surface area contributed by atoms with E-state index in [0.717, 1.165) is 0 Å². The summed E-state index contributed by atoms with van der Waals surface area (Å²) < 4.78 is 46.4. The second-order valence-corrected chi connectivity index (χ2v) is 9.45. The Morgan fingerprint density at radius 2 is 1.68 bits per heavy atom. The molecule has 0 radical (unpaired) electrons. The molecule has 0 amide bonds. The van der Waals surface area contributed by atoms with Crippen molar-refractivity contribution in [1.29, 1.82) is 0 Å². The number of carbonyl (C=O) groups excluding carboxylic acids is 1. The molecule has 0 saturated heterocycles. The predicted octanol–water partition coefficient (Wildman–Crippen LogP) is 5.14. The van der Waals surface area contributed by atoms with Crippen molar-refractivity contribution in [3.63, 3.8) is 0 Å². The maximum absolute atomic E-state index is 12.3. The highest BCUT2D eigenvalue weighted by Gasteiger charge is 2.31. The molecule has 3 rings (SSSR count). The number of carboxylic acid groups (broad SMARTS) is 1. The van der Waals surface area contributed by atoms with Crippen LogP contribution in [0.1, 0.15) is 35.3 Å². The van der Waals surface area contributed by atoms with E-state index >= 15 is 0 Å². The van der Waals surface area contributed by atoms with Crippen molar-refractivity contribution < 1.29 is 37.3 Å². The van der Waals surface area contributed by atoms with Crippen LogP contribution in [0.4, 0.5) is 13.2 Å². The third-order valence-corrected chi connectivity index (χ3v) is 5.73. The zero-order valence-corrected chi connectivity index (χ0v) is 19.0. The lowest BCUT2D eigenvalue weighted by Gasteiger charge is -2.18. The molecule has 0 aliphatic carbocycles. The number of aliphatic carboxylic acids is 1. The molecule has 0 saturated carbocycles. The molecule has 0 fully saturated rings. The average molecular weight is 494 g/mol. The van der Waals surface area contributed by atoms with E-state index in [1.165, 1.54) is 42.2 Å². The minimum absolute atomic E-state index is 0.0141. The molecule has 0 spiro atoms. The minimum atomic E-state index is -4.74. The first-order chi connectivity index (χ1) is 15.9. The van der Waals surface area contributed by atoms with Crippen LogP contribution in [0.3, 0.4) is 0 Å². The first kappa shape index (κ1) is 25.2. The van der Waals surface area contributed by atoms with Crippen LogP contribution in [-0.4, -0.2) is 37.9 Å². The van der Waals surface area contributed by atoms with Crippen molar-refractivity contribution in [3.05, 3.63) is 77.6 Å². The van der Waals surface area contributed by atoms with Gasteiger partial charge in [0.05, 0.1) is 18.3 Å². The molecule has 0 aliphatic heterocycles. The quantitative estimate of drug-likeness (QED) is 0.325. The summed E-state index contributed by atoms with van der Waals surface area (Å²) in [6, 6.07) is 11.9. The summed E-state index contributed by atoms with van der Waals surface area (Å²) in [5.41, 5.74) is 1.68. The van der Waals surface area contributed by atoms with E-state index in [1.807, 2.05) is 0 Å². The number of ether oxygens (including phenoxy) is 2. The number of benzene rings is 2. The van der Waals surface area contributed by atoms with Gasteiger partial charge >= 0.3 is 18.3 Å². The summed E-state index contributed by atoms with van der Waals surface area (Å²) in [4.78, 5) is 24.3. The van der Waals surface area contributed by atoms with Crippen LogP contribution in [0.25, 0.3) is 0 Å². The van der Waals surface area contributed by atoms with Crippen molar-refractivity contribution >= 4 is 23.7 Å². The number of halogens is 3. The fourth-order valence-electron chi connectivity index (χ4n) is 2.78. The number of aromatic nitrogens is 2. The molecule has 7 nitrogen and oxygen atoms in total. The van der Waals surface area contributed by atoms with Gasteiger partial charge in [0, 0.05) is 16.7 Å². The number of rotatable bonds is 9. The van der Waals surface area contributed by atoms with Gasteiger partial charge in [0.25, 0.3) is 0 Å². The number of alkyl halides is 3. The number of hydrogen-bond donors (Lipinski definition) is 1. The summed E-state index contributed by atoms with van der Waals surface area (Å²) in [6.45, 7) is 3.49. The average Bonchev–Trinajstić information content (AvgIpc) is 3.20. The number of carboxylic acids is 1. The fraction of sp³-hybridized carbons (Fsp3) is 0.261. The monoisotopic (exact) mass is 494 g/mol. The molecule has 0 bridgehead atoms. The van der Waals surface area contributed by atoms with Crippen LogP contribution < -0.4 is 4.74 Å². The molecule has 1 heterocycles. The molecular formula is C23H21F3N2O5S. The van der Waals surface area contributed by atoms with Gasteiger partial charge in [-0.3, -0.25) is 9.48 Å². The largest absolute Gasteiger partial charge is 0.573 e. The van der Waals surface area contributed by atoms with Gasteiger partial charge in [-0.1, -0.05) is 12.1 Å². The highest BCUT2D eigenvalue weighted by Crippen LogP contribution is 2.32. The van der Waals surface area contributed by atoms with E-state index in [0.29, 0.717) is 28.1 Å². The van der Waals surface area contributed by atoms with Gasteiger partial charge in [-0.25, -0.2) is 4.79 Å². The van der Waals surface area contributed by atoms with Gasteiger partial charge in [-0.05, 0) is 55.8 Å². The first-order valence-corrected chi connectivity index (χ1v) is 10.8. The van der Waals surface area contributed by atoms with Crippen LogP contribution in [0, 0.1) is 0 Å². The summed E-state index contributed by atoms with van der Waals surface area (Å²) in [5.74, 6) is -1.78. The molecule has 3 aromatic rings. The van der Waals surface area contributed by atoms with Gasteiger partial charge in [-0.2, -0.15) is 5.10 Å². The van der Waals surface area contributed by atoms with Gasteiger partial charge in [-0.15, -0.1) is 24.9 Å². The third kappa shape index (κ3) is 7.27. The van der Waals surface area contributed by atoms with Crippen LogP contribution in [-0.2, 0) is 22.7 Å². The maximum Gasteiger partial charge on any atom is 0.573 e. The Kier molecular flexibility index (Phi) is 7.55. The number of carbonyl (C=O) groups is 2. The van der Waals surface area contributed by atoms with Gasteiger partial charge in [0.2, 0.25) is 0 Å². The Balaban J connectivity index is 1.51. The smallest absolute Gasteiger partial charge is 0.480 e. The highest BCUT2D eigenvalue weighted by molar-refractivity contribution is 8.01. The van der Waals surface area contributed by atoms with Crippen molar-refractivity contribution in [1.82, 2.24) is 9.78 Å². The summed E-state index contributed by atoms with van der Waals surface area (Å²) >= 11 is 1.17. The number of hydrogen-bond acceptors (Lipinski definition) is 6. The molecule has 0 atom stereocenters. The number of thioether (sulfide) groups is 1. The van der Waals surface area contributed by atoms with Crippen LogP contribution >= 0.6 is 11.8 Å². The summed E-state index contributed by atoms with van der Waals surface area (Å²) in [5, 5.41) is 13.4. The normalized spacial score (nSPS) is 11.8. The predicted molar refractivity (Wildman–Crippen MR) is 118 cm³/mol. The molecule has 34 heavy (non-hydrogen) atoms. The molecule has 1 aromatic heterocycles. The Morgan fingerprint density at radius 1 is 1.03 bits per heavy atom. The second-order valence-electron chi connectivity index (χ2n) is 7.76. The molecule has 11 heteroatoms. The molecule has 0 aliphatic rings. The van der Waals surface area contributed by atoms with Crippen LogP contribution in [0.5, 0.6) is 5.75 Å². The zero-order chi connectivity index (χ0) is 24.9. The lowest BCUT2D eigenvalue weighted by Crippen LogP contribution is -2.26. The number of esters is 1. The van der Waals surface area contributed by atoms with Gasteiger partial charge < -0.3 is 14.6 Å².